The van der Waals surface area contributed by atoms with Crippen molar-refractivity contribution in [3.63, 3.8) is 0 Å². The summed E-state index contributed by atoms with van der Waals surface area (Å²) in [6.07, 6.45) is 90.6. The first kappa shape index (κ1) is 69.8. The summed E-state index contributed by atoms with van der Waals surface area (Å²) in [5, 5.41) is 0. The van der Waals surface area contributed by atoms with E-state index in [0.29, 0.717) is 19.3 Å². The highest BCUT2D eigenvalue weighted by molar-refractivity contribution is 5.71. The standard InChI is InChI=1S/C69H106O6/c1-4-7-10-13-16-19-22-25-27-29-31-32-33-34-35-36-38-39-41-44-47-50-53-56-59-62-68(71)74-65-66(64-73-67(70)61-58-55-52-49-46-43-24-21-18-15-12-9-6-3)75-69(72)63-60-57-54-51-48-45-42-40-37-30-28-26-23-20-17-14-11-8-5-2/h7-12,16-21,25-28,31-32,34-35,37-40,43,45-46,48,66H,4-6,13-15,22-24,29-30,33,36,41-42,44,47,49-65H2,1-3H3/b10-7-,11-8-,12-9-,19-16-,20-17-,21-18-,27-25-,28-26-,32-31-,35-34-,39-38-,40-37-,46-43-,48-45-. The van der Waals surface area contributed by atoms with Gasteiger partial charge in [0.15, 0.2) is 6.10 Å². The van der Waals surface area contributed by atoms with E-state index in [1.165, 1.54) is 12.8 Å². The Morgan fingerprint density at radius 3 is 0.760 bits per heavy atom. The third-order valence-electron chi connectivity index (χ3n) is 11.7. The maximum Gasteiger partial charge on any atom is 0.306 e. The summed E-state index contributed by atoms with van der Waals surface area (Å²) in [4.78, 5) is 38.2. The summed E-state index contributed by atoms with van der Waals surface area (Å²) in [6, 6.07) is 0. The fourth-order valence-corrected chi connectivity index (χ4v) is 7.37. The van der Waals surface area contributed by atoms with Crippen LogP contribution in [-0.4, -0.2) is 37.2 Å². The first-order chi connectivity index (χ1) is 37.0. The summed E-state index contributed by atoms with van der Waals surface area (Å²) < 4.78 is 16.8. The Hall–Kier alpha value is -5.23. The molecule has 0 amide bonds. The number of hydrogen-bond acceptors (Lipinski definition) is 6. The molecule has 0 aromatic rings. The van der Waals surface area contributed by atoms with Crippen LogP contribution in [0.5, 0.6) is 0 Å². The Morgan fingerprint density at radius 1 is 0.267 bits per heavy atom. The lowest BCUT2D eigenvalue weighted by Crippen LogP contribution is -2.30. The van der Waals surface area contributed by atoms with E-state index < -0.39 is 6.10 Å². The largest absolute Gasteiger partial charge is 0.462 e. The van der Waals surface area contributed by atoms with Gasteiger partial charge in [-0.25, -0.2) is 0 Å². The molecule has 0 aliphatic heterocycles. The molecule has 1 unspecified atom stereocenters. The van der Waals surface area contributed by atoms with Crippen molar-refractivity contribution in [1.29, 1.82) is 0 Å². The maximum atomic E-state index is 12.9. The van der Waals surface area contributed by atoms with Gasteiger partial charge >= 0.3 is 17.9 Å². The predicted octanol–water partition coefficient (Wildman–Crippen LogP) is 20.3. The van der Waals surface area contributed by atoms with Gasteiger partial charge in [-0.3, -0.25) is 14.4 Å². The molecule has 0 rings (SSSR count). The fraction of sp³-hybridized carbons (Fsp3) is 0.551. The second-order valence-electron chi connectivity index (χ2n) is 18.8. The molecule has 0 aromatic heterocycles. The molecular formula is C69H106O6. The van der Waals surface area contributed by atoms with Crippen molar-refractivity contribution in [2.75, 3.05) is 13.2 Å². The lowest BCUT2D eigenvalue weighted by Gasteiger charge is -2.18. The summed E-state index contributed by atoms with van der Waals surface area (Å²) in [5.41, 5.74) is 0. The van der Waals surface area contributed by atoms with Crippen molar-refractivity contribution in [2.24, 2.45) is 0 Å². The molecule has 0 saturated heterocycles. The number of carbonyl (C=O) groups excluding carboxylic acids is 3. The number of allylic oxidation sites excluding steroid dienone is 28. The average Bonchev–Trinajstić information content (AvgIpc) is 3.41. The Morgan fingerprint density at radius 2 is 0.480 bits per heavy atom. The van der Waals surface area contributed by atoms with Gasteiger partial charge in [0.2, 0.25) is 0 Å². The van der Waals surface area contributed by atoms with E-state index in [9.17, 15) is 14.4 Å². The molecule has 1 atom stereocenters. The maximum absolute atomic E-state index is 12.9. The molecule has 0 fully saturated rings. The summed E-state index contributed by atoms with van der Waals surface area (Å²) in [7, 11) is 0. The number of esters is 3. The van der Waals surface area contributed by atoms with Crippen LogP contribution in [0.15, 0.2) is 170 Å². The quantitative estimate of drug-likeness (QED) is 0.0261. The van der Waals surface area contributed by atoms with Crippen LogP contribution in [0.25, 0.3) is 0 Å². The Labute approximate surface area is 460 Å². The molecule has 0 saturated carbocycles. The van der Waals surface area contributed by atoms with Gasteiger partial charge in [-0.2, -0.15) is 0 Å². The SMILES string of the molecule is CC/C=C\C/C=C\C/C=C\C/C=C\C/C=C\C/C=C\CCCCCCCCC(=O)OCC(COC(=O)CCCCC/C=C\C/C=C\C/C=C\CC)OC(=O)CCCCC/C=C\C/C=C\C/C=C\C/C=C\C/C=C\CC. The van der Waals surface area contributed by atoms with Crippen molar-refractivity contribution in [3.8, 4) is 0 Å². The van der Waals surface area contributed by atoms with Crippen molar-refractivity contribution < 1.29 is 28.6 Å². The van der Waals surface area contributed by atoms with Crippen molar-refractivity contribution in [1.82, 2.24) is 0 Å². The minimum atomic E-state index is -0.824. The first-order valence-corrected chi connectivity index (χ1v) is 29.6. The zero-order chi connectivity index (χ0) is 54.3. The van der Waals surface area contributed by atoms with Gasteiger partial charge in [0.1, 0.15) is 13.2 Å². The molecule has 0 bridgehead atoms. The number of unbranched alkanes of at least 4 members (excludes halogenated alkanes) is 12. The summed E-state index contributed by atoms with van der Waals surface area (Å²) in [5.74, 6) is -1.00. The van der Waals surface area contributed by atoms with Gasteiger partial charge in [0.05, 0.1) is 0 Å². The van der Waals surface area contributed by atoms with Crippen molar-refractivity contribution in [3.05, 3.63) is 170 Å². The van der Waals surface area contributed by atoms with E-state index in [2.05, 4.69) is 191 Å². The second kappa shape index (κ2) is 61.3. The third kappa shape index (κ3) is 59.5. The lowest BCUT2D eigenvalue weighted by atomic mass is 10.1. The number of ether oxygens (including phenoxy) is 3. The minimum absolute atomic E-state index is 0.118. The van der Waals surface area contributed by atoms with Gasteiger partial charge in [-0.05, 0) is 148 Å². The molecule has 6 nitrogen and oxygen atoms in total. The third-order valence-corrected chi connectivity index (χ3v) is 11.7. The van der Waals surface area contributed by atoms with Crippen LogP contribution in [-0.2, 0) is 28.6 Å². The first-order valence-electron chi connectivity index (χ1n) is 29.6. The van der Waals surface area contributed by atoms with Gasteiger partial charge < -0.3 is 14.2 Å². The zero-order valence-electron chi connectivity index (χ0n) is 47.7. The van der Waals surface area contributed by atoms with E-state index in [0.717, 1.165) is 167 Å². The van der Waals surface area contributed by atoms with Crippen molar-refractivity contribution in [2.45, 2.75) is 232 Å². The topological polar surface area (TPSA) is 78.9 Å². The van der Waals surface area contributed by atoms with E-state index >= 15 is 0 Å². The van der Waals surface area contributed by atoms with Crippen LogP contribution >= 0.6 is 0 Å². The number of carbonyl (C=O) groups is 3. The average molecular weight is 1030 g/mol. The summed E-state index contributed by atoms with van der Waals surface area (Å²) in [6.45, 7) is 6.21. The molecular weight excluding hydrogens is 925 g/mol. The van der Waals surface area contributed by atoms with E-state index in [4.69, 9.17) is 14.2 Å². The molecule has 0 aliphatic rings. The van der Waals surface area contributed by atoms with Crippen LogP contribution < -0.4 is 0 Å². The molecule has 0 N–H and O–H groups in total. The Kier molecular flexibility index (Phi) is 57.0. The second-order valence-corrected chi connectivity index (χ2v) is 18.8. The Balaban J connectivity index is 4.50. The van der Waals surface area contributed by atoms with E-state index in [1.54, 1.807) is 0 Å². The highest BCUT2D eigenvalue weighted by Gasteiger charge is 2.19. The van der Waals surface area contributed by atoms with E-state index in [-0.39, 0.29) is 37.5 Å². The fourth-order valence-electron chi connectivity index (χ4n) is 7.37. The van der Waals surface area contributed by atoms with Crippen molar-refractivity contribution >= 4 is 17.9 Å². The highest BCUT2D eigenvalue weighted by atomic mass is 16.6. The molecule has 0 radical (unpaired) electrons. The molecule has 0 heterocycles. The molecule has 6 heteroatoms. The molecule has 0 spiro atoms. The number of rotatable bonds is 51. The van der Waals surface area contributed by atoms with Crippen LogP contribution in [0.4, 0.5) is 0 Å². The normalized spacial score (nSPS) is 13.4. The van der Waals surface area contributed by atoms with Crippen LogP contribution in [0, 0.1) is 0 Å². The van der Waals surface area contributed by atoms with Crippen LogP contribution in [0.1, 0.15) is 226 Å². The monoisotopic (exact) mass is 1030 g/mol. The number of hydrogen-bond donors (Lipinski definition) is 0. The van der Waals surface area contributed by atoms with Gasteiger partial charge in [-0.15, -0.1) is 0 Å². The minimum Gasteiger partial charge on any atom is -0.462 e. The van der Waals surface area contributed by atoms with Gasteiger partial charge in [0, 0.05) is 19.3 Å². The predicted molar refractivity (Wildman–Crippen MR) is 325 cm³/mol. The van der Waals surface area contributed by atoms with Gasteiger partial charge in [0.25, 0.3) is 0 Å². The molecule has 75 heavy (non-hydrogen) atoms. The molecule has 0 aliphatic carbocycles. The smallest absolute Gasteiger partial charge is 0.306 e. The van der Waals surface area contributed by atoms with Crippen LogP contribution in [0.2, 0.25) is 0 Å². The molecule has 0 aromatic carbocycles. The highest BCUT2D eigenvalue weighted by Crippen LogP contribution is 2.12. The zero-order valence-corrected chi connectivity index (χ0v) is 47.7. The summed E-state index contributed by atoms with van der Waals surface area (Å²) >= 11 is 0. The Bertz CT molecular complexity index is 1750. The van der Waals surface area contributed by atoms with Crippen LogP contribution in [0.3, 0.4) is 0 Å². The van der Waals surface area contributed by atoms with E-state index in [1.807, 2.05) is 0 Å². The molecule has 418 valence electrons. The lowest BCUT2D eigenvalue weighted by molar-refractivity contribution is -0.167. The van der Waals surface area contributed by atoms with Gasteiger partial charge in [-0.1, -0.05) is 229 Å².